The van der Waals surface area contributed by atoms with Crippen LogP contribution in [0, 0.1) is 10.1 Å². The van der Waals surface area contributed by atoms with Crippen molar-refractivity contribution in [1.82, 2.24) is 0 Å². The molecule has 21 heavy (non-hydrogen) atoms. The molecular formula is C15H29NO5. The molecule has 0 radical (unpaired) electrons. The lowest BCUT2D eigenvalue weighted by molar-refractivity contribution is -0.421. The summed E-state index contributed by atoms with van der Waals surface area (Å²) in [5.74, 6) is -1.13. The van der Waals surface area contributed by atoms with Gasteiger partial charge in [-0.25, -0.2) is 0 Å². The fourth-order valence-corrected chi connectivity index (χ4v) is 0.751. The van der Waals surface area contributed by atoms with Gasteiger partial charge in [0.2, 0.25) is 0 Å². The van der Waals surface area contributed by atoms with Gasteiger partial charge in [-0.1, -0.05) is 54.7 Å². The lowest BCUT2D eigenvalue weighted by Crippen LogP contribution is -2.06. The lowest BCUT2D eigenvalue weighted by atomic mass is 10.3. The van der Waals surface area contributed by atoms with E-state index in [9.17, 15) is 14.9 Å². The molecule has 0 rings (SSSR count). The molecule has 0 aliphatic heterocycles. The van der Waals surface area contributed by atoms with Gasteiger partial charge in [-0.3, -0.25) is 14.9 Å². The van der Waals surface area contributed by atoms with Crippen molar-refractivity contribution in [2.45, 2.75) is 48.0 Å². The van der Waals surface area contributed by atoms with Gasteiger partial charge in [0.1, 0.15) is 0 Å². The first-order valence-electron chi connectivity index (χ1n) is 7.01. The monoisotopic (exact) mass is 303 g/mol. The standard InChI is InChI=1S/C9H11NO5.3C2H6/c1-3-7(10(13)14)8(4-2)15-6-5-9(11)12;3*1-2/h3-4H,1-2,5-6H2,(H,11,12);3*1-2H3/b8-7-;;;. The van der Waals surface area contributed by atoms with E-state index in [1.165, 1.54) is 0 Å². The van der Waals surface area contributed by atoms with Gasteiger partial charge >= 0.3 is 11.7 Å². The third-order valence-corrected chi connectivity index (χ3v) is 1.40. The molecule has 0 bridgehead atoms. The number of carbonyl (C=O) groups is 1. The highest BCUT2D eigenvalue weighted by Gasteiger charge is 2.13. The van der Waals surface area contributed by atoms with Crippen molar-refractivity contribution in [2.24, 2.45) is 0 Å². The molecule has 0 heterocycles. The maximum atomic E-state index is 10.5. The molecule has 1 N–H and O–H groups in total. The number of carboxylic acid groups (broad SMARTS) is 1. The quantitative estimate of drug-likeness (QED) is 0.325. The van der Waals surface area contributed by atoms with E-state index < -0.39 is 10.9 Å². The molecule has 6 heteroatoms. The molecule has 124 valence electrons. The van der Waals surface area contributed by atoms with Crippen LogP contribution in [0.4, 0.5) is 0 Å². The van der Waals surface area contributed by atoms with Crippen molar-refractivity contribution in [3.05, 3.63) is 46.9 Å². The largest absolute Gasteiger partial charge is 0.486 e. The Labute approximate surface area is 128 Å². The molecule has 0 aromatic carbocycles. The Balaban J connectivity index is -0.000000212. The minimum absolute atomic E-state index is 0.0868. The summed E-state index contributed by atoms with van der Waals surface area (Å²) in [6.45, 7) is 18.4. The maximum Gasteiger partial charge on any atom is 0.310 e. The highest BCUT2D eigenvalue weighted by molar-refractivity contribution is 5.66. The SMILES string of the molecule is C=C/C(OCCC(=O)O)=C(\C=C)[N+](=O)[O-].CC.CC.CC. The number of nitrogens with zero attached hydrogens (tertiary/aromatic N) is 1. The summed E-state index contributed by atoms with van der Waals surface area (Å²) in [5.41, 5.74) is -0.338. The van der Waals surface area contributed by atoms with Gasteiger partial charge in [-0.05, 0) is 6.08 Å². The fraction of sp³-hybridized carbons (Fsp3) is 0.533. The molecule has 0 aliphatic rings. The Bertz CT molecular complexity index is 322. The molecular weight excluding hydrogens is 274 g/mol. The second-order valence-corrected chi connectivity index (χ2v) is 2.41. The van der Waals surface area contributed by atoms with Gasteiger partial charge in [0.15, 0.2) is 5.76 Å². The van der Waals surface area contributed by atoms with Crippen LogP contribution in [0.5, 0.6) is 0 Å². The van der Waals surface area contributed by atoms with E-state index in [1.54, 1.807) is 0 Å². The van der Waals surface area contributed by atoms with Gasteiger partial charge in [0.05, 0.1) is 18.0 Å². The highest BCUT2D eigenvalue weighted by atomic mass is 16.6. The van der Waals surface area contributed by atoms with Crippen molar-refractivity contribution in [3.8, 4) is 0 Å². The Kier molecular flexibility index (Phi) is 29.9. The molecule has 6 nitrogen and oxygen atoms in total. The fourth-order valence-electron chi connectivity index (χ4n) is 0.751. The summed E-state index contributed by atoms with van der Waals surface area (Å²) < 4.78 is 4.88. The van der Waals surface area contributed by atoms with E-state index in [2.05, 4.69) is 13.2 Å². The molecule has 0 saturated carbocycles. The van der Waals surface area contributed by atoms with Crippen molar-refractivity contribution >= 4 is 5.97 Å². The highest BCUT2D eigenvalue weighted by Crippen LogP contribution is 2.09. The molecule has 0 atom stereocenters. The van der Waals surface area contributed by atoms with Gasteiger partial charge in [0.25, 0.3) is 0 Å². The van der Waals surface area contributed by atoms with Crippen LogP contribution < -0.4 is 0 Å². The molecule has 0 saturated heterocycles. The molecule has 0 aromatic heterocycles. The zero-order valence-electron chi connectivity index (χ0n) is 14.0. The zero-order chi connectivity index (χ0) is 17.8. The minimum atomic E-state index is -1.04. The first kappa shape index (κ1) is 27.3. The Morgan fingerprint density at radius 1 is 1.14 bits per heavy atom. The summed E-state index contributed by atoms with van der Waals surface area (Å²) in [5, 5.41) is 18.8. The number of aliphatic carboxylic acids is 1. The van der Waals surface area contributed by atoms with E-state index in [-0.39, 0.29) is 24.5 Å². The average Bonchev–Trinajstić information content (AvgIpc) is 2.51. The number of hydrogen-bond donors (Lipinski definition) is 1. The number of ether oxygens (including phenoxy) is 1. The Hall–Kier alpha value is -2.11. The van der Waals surface area contributed by atoms with E-state index >= 15 is 0 Å². The summed E-state index contributed by atoms with van der Waals surface area (Å²) in [4.78, 5) is 20.0. The van der Waals surface area contributed by atoms with Crippen LogP contribution in [0.1, 0.15) is 48.0 Å². The van der Waals surface area contributed by atoms with Crippen LogP contribution in [0.25, 0.3) is 0 Å². The second kappa shape index (κ2) is 23.0. The molecule has 0 amide bonds. The topological polar surface area (TPSA) is 89.7 Å². The van der Waals surface area contributed by atoms with Crippen molar-refractivity contribution in [2.75, 3.05) is 6.61 Å². The van der Waals surface area contributed by atoms with Gasteiger partial charge in [-0.2, -0.15) is 0 Å². The molecule has 0 unspecified atom stereocenters. The summed E-state index contributed by atoms with van der Waals surface area (Å²) in [6.07, 6.45) is 1.92. The van der Waals surface area contributed by atoms with E-state index in [0.717, 1.165) is 12.2 Å². The van der Waals surface area contributed by atoms with E-state index in [4.69, 9.17) is 9.84 Å². The third-order valence-electron chi connectivity index (χ3n) is 1.40. The molecule has 0 fully saturated rings. The lowest BCUT2D eigenvalue weighted by Gasteiger charge is -2.04. The minimum Gasteiger partial charge on any atom is -0.486 e. The third kappa shape index (κ3) is 17.9. The van der Waals surface area contributed by atoms with Crippen molar-refractivity contribution < 1.29 is 19.6 Å². The summed E-state index contributed by atoms with van der Waals surface area (Å²) in [7, 11) is 0. The van der Waals surface area contributed by atoms with Crippen molar-refractivity contribution in [1.29, 1.82) is 0 Å². The second-order valence-electron chi connectivity index (χ2n) is 2.41. The van der Waals surface area contributed by atoms with Crippen LogP contribution >= 0.6 is 0 Å². The van der Waals surface area contributed by atoms with E-state index in [1.807, 2.05) is 41.5 Å². The summed E-state index contributed by atoms with van der Waals surface area (Å²) in [6, 6.07) is 0. The number of carboxylic acids is 1. The smallest absolute Gasteiger partial charge is 0.310 e. The van der Waals surface area contributed by atoms with E-state index in [0.29, 0.717) is 0 Å². The molecule has 0 aliphatic carbocycles. The zero-order valence-corrected chi connectivity index (χ0v) is 14.0. The Morgan fingerprint density at radius 2 is 1.57 bits per heavy atom. The van der Waals surface area contributed by atoms with Gasteiger partial charge in [0, 0.05) is 6.08 Å². The van der Waals surface area contributed by atoms with Crippen LogP contribution in [0.15, 0.2) is 36.8 Å². The first-order chi connectivity index (χ1) is 10.0. The molecule has 0 aromatic rings. The van der Waals surface area contributed by atoms with Crippen LogP contribution in [-0.4, -0.2) is 22.6 Å². The average molecular weight is 303 g/mol. The summed E-state index contributed by atoms with van der Waals surface area (Å²) >= 11 is 0. The number of allylic oxidation sites excluding steroid dienone is 2. The van der Waals surface area contributed by atoms with Crippen LogP contribution in [0.2, 0.25) is 0 Å². The van der Waals surface area contributed by atoms with Crippen molar-refractivity contribution in [3.63, 3.8) is 0 Å². The number of nitro groups is 1. The molecule has 0 spiro atoms. The number of hydrogen-bond acceptors (Lipinski definition) is 4. The normalized spacial score (nSPS) is 8.86. The predicted octanol–water partition coefficient (Wildman–Crippen LogP) is 4.42. The van der Waals surface area contributed by atoms with Crippen LogP contribution in [-0.2, 0) is 9.53 Å². The first-order valence-corrected chi connectivity index (χ1v) is 7.01. The predicted molar refractivity (Wildman–Crippen MR) is 86.7 cm³/mol. The van der Waals surface area contributed by atoms with Crippen LogP contribution in [0.3, 0.4) is 0 Å². The Morgan fingerprint density at radius 3 is 1.81 bits per heavy atom. The maximum absolute atomic E-state index is 10.5. The van der Waals surface area contributed by atoms with Gasteiger partial charge in [-0.15, -0.1) is 0 Å². The van der Waals surface area contributed by atoms with Gasteiger partial charge < -0.3 is 9.84 Å². The number of rotatable bonds is 7.